The number of benzene rings is 1. The van der Waals surface area contributed by atoms with Crippen molar-refractivity contribution in [3.63, 3.8) is 0 Å². The number of nitrogens with zero attached hydrogens (tertiary/aromatic N) is 5. The Balaban J connectivity index is 1.59. The van der Waals surface area contributed by atoms with Crippen molar-refractivity contribution in [3.05, 3.63) is 52.7 Å². The molecule has 0 atom stereocenters. The normalized spacial score (nSPS) is 13.4. The van der Waals surface area contributed by atoms with E-state index in [-0.39, 0.29) is 23.8 Å². The number of ether oxygens (including phenoxy) is 1. The van der Waals surface area contributed by atoms with E-state index in [1.54, 1.807) is 28.7 Å². The molecule has 0 bridgehead atoms. The van der Waals surface area contributed by atoms with Gasteiger partial charge in [0.2, 0.25) is 0 Å². The predicted molar refractivity (Wildman–Crippen MR) is 100 cm³/mol. The van der Waals surface area contributed by atoms with E-state index in [0.717, 1.165) is 12.0 Å². The second-order valence-corrected chi connectivity index (χ2v) is 6.56. The summed E-state index contributed by atoms with van der Waals surface area (Å²) in [6.45, 7) is 3.65. The molecule has 3 aromatic rings. The molecule has 0 radical (unpaired) electrons. The first-order valence-corrected chi connectivity index (χ1v) is 9.16. The quantitative estimate of drug-likeness (QED) is 0.666. The molecule has 1 aliphatic rings. The fraction of sp³-hybridized carbons (Fsp3) is 0.368. The zero-order valence-corrected chi connectivity index (χ0v) is 15.8. The van der Waals surface area contributed by atoms with Gasteiger partial charge in [-0.15, -0.1) is 0 Å². The number of aryl methyl sites for hydroxylation is 1. The van der Waals surface area contributed by atoms with Gasteiger partial charge in [0.15, 0.2) is 23.7 Å². The summed E-state index contributed by atoms with van der Waals surface area (Å²) in [4.78, 5) is 31.2. The molecule has 9 nitrogen and oxygen atoms in total. The molecule has 0 saturated heterocycles. The maximum Gasteiger partial charge on any atom is 0.346 e. The number of rotatable bonds is 5. The van der Waals surface area contributed by atoms with E-state index in [4.69, 9.17) is 9.15 Å². The van der Waals surface area contributed by atoms with Gasteiger partial charge in [-0.2, -0.15) is 5.10 Å². The van der Waals surface area contributed by atoms with Crippen LogP contribution in [0.2, 0.25) is 0 Å². The fourth-order valence-electron chi connectivity index (χ4n) is 3.32. The van der Waals surface area contributed by atoms with Gasteiger partial charge in [-0.05, 0) is 30.7 Å². The summed E-state index contributed by atoms with van der Waals surface area (Å²) in [6.07, 6.45) is 2.09. The third-order valence-electron chi connectivity index (χ3n) is 4.77. The van der Waals surface area contributed by atoms with Crippen LogP contribution in [0.15, 0.2) is 39.9 Å². The zero-order chi connectivity index (χ0) is 19.7. The molecule has 0 fully saturated rings. The number of oxazole rings is 1. The van der Waals surface area contributed by atoms with Crippen LogP contribution in [0.3, 0.4) is 0 Å². The fourth-order valence-corrected chi connectivity index (χ4v) is 3.32. The highest BCUT2D eigenvalue weighted by Crippen LogP contribution is 2.26. The Morgan fingerprint density at radius 1 is 1.25 bits per heavy atom. The smallest absolute Gasteiger partial charge is 0.346 e. The first kappa shape index (κ1) is 18.0. The van der Waals surface area contributed by atoms with Crippen molar-refractivity contribution in [1.82, 2.24) is 24.2 Å². The van der Waals surface area contributed by atoms with Crippen molar-refractivity contribution in [1.29, 1.82) is 0 Å². The van der Waals surface area contributed by atoms with Crippen LogP contribution in [0.4, 0.5) is 0 Å². The minimum atomic E-state index is -0.247. The van der Waals surface area contributed by atoms with Crippen LogP contribution >= 0.6 is 0 Å². The lowest BCUT2D eigenvalue weighted by atomic mass is 10.1. The summed E-state index contributed by atoms with van der Waals surface area (Å²) in [7, 11) is 1.59. The Kier molecular flexibility index (Phi) is 4.72. The van der Waals surface area contributed by atoms with E-state index in [9.17, 15) is 9.59 Å². The van der Waals surface area contributed by atoms with Gasteiger partial charge in [0.25, 0.3) is 5.91 Å². The molecule has 0 N–H and O–H groups in total. The number of carbonyl (C=O) groups is 1. The minimum absolute atomic E-state index is 0.121. The highest BCUT2D eigenvalue weighted by Gasteiger charge is 2.29. The highest BCUT2D eigenvalue weighted by atomic mass is 16.5. The molecule has 9 heteroatoms. The maximum absolute atomic E-state index is 13.1. The van der Waals surface area contributed by atoms with E-state index in [2.05, 4.69) is 10.1 Å². The van der Waals surface area contributed by atoms with Crippen LogP contribution in [-0.4, -0.2) is 43.8 Å². The van der Waals surface area contributed by atoms with Crippen molar-refractivity contribution >= 4 is 5.91 Å². The van der Waals surface area contributed by atoms with Crippen LogP contribution in [0.5, 0.6) is 5.75 Å². The molecule has 146 valence electrons. The lowest BCUT2D eigenvalue weighted by molar-refractivity contribution is 0.0701. The second kappa shape index (κ2) is 7.34. The number of aromatic nitrogens is 4. The summed E-state index contributed by atoms with van der Waals surface area (Å²) < 4.78 is 13.7. The Morgan fingerprint density at radius 2 is 2.04 bits per heavy atom. The third-order valence-corrected chi connectivity index (χ3v) is 4.77. The van der Waals surface area contributed by atoms with Gasteiger partial charge in [-0.1, -0.05) is 6.92 Å². The van der Waals surface area contributed by atoms with Gasteiger partial charge < -0.3 is 14.1 Å². The predicted octanol–water partition coefficient (Wildman–Crippen LogP) is 1.77. The average Bonchev–Trinajstić information content (AvgIpc) is 3.33. The number of hydrogen-bond donors (Lipinski definition) is 0. The lowest BCUT2D eigenvalue weighted by Crippen LogP contribution is -2.41. The Morgan fingerprint density at radius 3 is 2.75 bits per heavy atom. The molecule has 0 aliphatic carbocycles. The molecule has 1 aromatic carbocycles. The summed E-state index contributed by atoms with van der Waals surface area (Å²) in [6, 6.07) is 7.23. The largest absolute Gasteiger partial charge is 0.497 e. The molecule has 1 aliphatic heterocycles. The molecular formula is C19H21N5O4. The van der Waals surface area contributed by atoms with E-state index in [0.29, 0.717) is 37.0 Å². The maximum atomic E-state index is 13.1. The lowest BCUT2D eigenvalue weighted by Gasteiger charge is -2.26. The van der Waals surface area contributed by atoms with Crippen LogP contribution in [-0.2, 0) is 19.6 Å². The van der Waals surface area contributed by atoms with Gasteiger partial charge in [0.05, 0.1) is 13.7 Å². The highest BCUT2D eigenvalue weighted by molar-refractivity contribution is 5.97. The molecule has 4 rings (SSSR count). The average molecular weight is 383 g/mol. The van der Waals surface area contributed by atoms with Gasteiger partial charge in [0.1, 0.15) is 5.75 Å². The summed E-state index contributed by atoms with van der Waals surface area (Å²) in [5.41, 5.74) is 0.862. The van der Waals surface area contributed by atoms with E-state index < -0.39 is 0 Å². The SMILES string of the molecule is CCCn1nc2n(c1=O)CCN(C(=O)c1ncoc1-c1ccc(OC)cc1)C2. The topological polar surface area (TPSA) is 95.4 Å². The number of amides is 1. The van der Waals surface area contributed by atoms with E-state index in [1.807, 2.05) is 19.1 Å². The van der Waals surface area contributed by atoms with Crippen LogP contribution in [0.25, 0.3) is 11.3 Å². The molecule has 0 saturated carbocycles. The molecule has 0 unspecified atom stereocenters. The first-order valence-electron chi connectivity index (χ1n) is 9.16. The third kappa shape index (κ3) is 3.08. The van der Waals surface area contributed by atoms with Crippen molar-refractivity contribution < 1.29 is 13.9 Å². The van der Waals surface area contributed by atoms with E-state index >= 15 is 0 Å². The molecule has 28 heavy (non-hydrogen) atoms. The second-order valence-electron chi connectivity index (χ2n) is 6.56. The molecule has 1 amide bonds. The van der Waals surface area contributed by atoms with Gasteiger partial charge in [-0.25, -0.2) is 14.5 Å². The molecule has 3 heterocycles. The first-order chi connectivity index (χ1) is 13.6. The number of methoxy groups -OCH3 is 1. The van der Waals surface area contributed by atoms with Gasteiger partial charge in [-0.3, -0.25) is 9.36 Å². The Hall–Kier alpha value is -3.36. The van der Waals surface area contributed by atoms with Gasteiger partial charge >= 0.3 is 5.69 Å². The summed E-state index contributed by atoms with van der Waals surface area (Å²) in [5.74, 6) is 1.47. The van der Waals surface area contributed by atoms with Crippen molar-refractivity contribution in [3.8, 4) is 17.1 Å². The minimum Gasteiger partial charge on any atom is -0.497 e. The number of fused-ring (bicyclic) bond motifs is 1. The van der Waals surface area contributed by atoms with Crippen LogP contribution in [0.1, 0.15) is 29.7 Å². The Bertz CT molecular complexity index is 1050. The van der Waals surface area contributed by atoms with Crippen molar-refractivity contribution in [2.75, 3.05) is 13.7 Å². The standard InChI is InChI=1S/C19H21N5O4/c1-3-8-24-19(26)23-10-9-22(11-15(23)21-24)18(25)16-17(28-12-20-16)13-4-6-14(27-2)7-5-13/h4-7,12H,3,8-11H2,1-2H3. The number of hydrogen-bond acceptors (Lipinski definition) is 6. The van der Waals surface area contributed by atoms with Crippen LogP contribution in [0, 0.1) is 0 Å². The van der Waals surface area contributed by atoms with E-state index in [1.165, 1.54) is 11.1 Å². The van der Waals surface area contributed by atoms with Crippen LogP contribution < -0.4 is 10.4 Å². The number of carbonyl (C=O) groups excluding carboxylic acids is 1. The van der Waals surface area contributed by atoms with Gasteiger partial charge in [0, 0.05) is 25.2 Å². The monoisotopic (exact) mass is 383 g/mol. The zero-order valence-electron chi connectivity index (χ0n) is 15.8. The molecule has 2 aromatic heterocycles. The molecular weight excluding hydrogens is 362 g/mol. The van der Waals surface area contributed by atoms with Crippen molar-refractivity contribution in [2.24, 2.45) is 0 Å². The summed E-state index contributed by atoms with van der Waals surface area (Å²) in [5, 5.41) is 4.37. The van der Waals surface area contributed by atoms with Crippen molar-refractivity contribution in [2.45, 2.75) is 33.0 Å². The molecule has 0 spiro atoms. The summed E-state index contributed by atoms with van der Waals surface area (Å²) >= 11 is 0. The Labute approximate surface area is 161 Å².